The molecule has 0 spiro atoms. The molecule has 0 fully saturated rings. The van der Waals surface area contributed by atoms with Crippen LogP contribution in [0, 0.1) is 6.92 Å². The fourth-order valence-corrected chi connectivity index (χ4v) is 3.09. The van der Waals surface area contributed by atoms with Crippen LogP contribution in [-0.2, 0) is 13.1 Å². The lowest BCUT2D eigenvalue weighted by Gasteiger charge is -2.05. The van der Waals surface area contributed by atoms with Gasteiger partial charge in [-0.2, -0.15) is 10.2 Å². The van der Waals surface area contributed by atoms with Crippen LogP contribution in [0.15, 0.2) is 54.9 Å². The summed E-state index contributed by atoms with van der Waals surface area (Å²) in [6, 6.07) is 14.0. The molecule has 7 nitrogen and oxygen atoms in total. The number of aromatic amines is 1. The summed E-state index contributed by atoms with van der Waals surface area (Å²) in [6.45, 7) is 5.62. The van der Waals surface area contributed by atoms with Crippen molar-refractivity contribution in [2.24, 2.45) is 0 Å². The van der Waals surface area contributed by atoms with Gasteiger partial charge in [0.2, 0.25) is 5.95 Å². The van der Waals surface area contributed by atoms with Gasteiger partial charge in [-0.05, 0) is 25.5 Å². The van der Waals surface area contributed by atoms with E-state index in [1.807, 2.05) is 60.3 Å². The van der Waals surface area contributed by atoms with E-state index in [1.54, 1.807) is 6.20 Å². The van der Waals surface area contributed by atoms with Crippen molar-refractivity contribution in [3.63, 3.8) is 0 Å². The molecule has 4 rings (SSSR count). The molecule has 0 aliphatic rings. The Balaban J connectivity index is 1.46. The predicted molar refractivity (Wildman–Crippen MR) is 110 cm³/mol. The van der Waals surface area contributed by atoms with Gasteiger partial charge in [-0.1, -0.05) is 37.3 Å². The Hall–Kier alpha value is -3.48. The van der Waals surface area contributed by atoms with Crippen LogP contribution in [0.5, 0.6) is 0 Å². The summed E-state index contributed by atoms with van der Waals surface area (Å²) in [4.78, 5) is 8.98. The second kappa shape index (κ2) is 8.04. The quantitative estimate of drug-likeness (QED) is 0.510. The van der Waals surface area contributed by atoms with Crippen molar-refractivity contribution in [2.45, 2.75) is 33.4 Å². The van der Waals surface area contributed by atoms with Crippen molar-refractivity contribution < 1.29 is 0 Å². The number of rotatable bonds is 7. The maximum Gasteiger partial charge on any atom is 0.223 e. The first kappa shape index (κ1) is 17.9. The molecular formula is C21H23N7. The van der Waals surface area contributed by atoms with E-state index in [0.29, 0.717) is 12.5 Å². The Morgan fingerprint density at radius 2 is 1.96 bits per heavy atom. The lowest BCUT2D eigenvalue weighted by atomic mass is 10.1. The van der Waals surface area contributed by atoms with Gasteiger partial charge in [-0.3, -0.25) is 9.78 Å². The predicted octanol–water partition coefficient (Wildman–Crippen LogP) is 4.06. The molecule has 0 radical (unpaired) electrons. The summed E-state index contributed by atoms with van der Waals surface area (Å²) in [5, 5.41) is 15.3. The molecule has 4 aromatic rings. The fraction of sp³-hybridized carbons (Fsp3) is 0.238. The zero-order valence-electron chi connectivity index (χ0n) is 16.1. The van der Waals surface area contributed by atoms with Crippen LogP contribution in [0.1, 0.15) is 24.7 Å². The number of aromatic nitrogens is 6. The minimum Gasteiger partial charge on any atom is -0.349 e. The van der Waals surface area contributed by atoms with Gasteiger partial charge in [0.1, 0.15) is 0 Å². The number of nitrogens with one attached hydrogen (secondary N) is 2. The van der Waals surface area contributed by atoms with Gasteiger partial charge in [0.05, 0.1) is 29.3 Å². The molecular weight excluding hydrogens is 350 g/mol. The summed E-state index contributed by atoms with van der Waals surface area (Å²) >= 11 is 0. The van der Waals surface area contributed by atoms with Gasteiger partial charge in [-0.15, -0.1) is 0 Å². The number of aryl methyl sites for hydroxylation is 2. The lowest BCUT2D eigenvalue weighted by molar-refractivity contribution is 0.598. The van der Waals surface area contributed by atoms with Crippen molar-refractivity contribution >= 4 is 5.95 Å². The Bertz CT molecular complexity index is 1050. The summed E-state index contributed by atoms with van der Waals surface area (Å²) < 4.78 is 1.97. The minimum atomic E-state index is 0.567. The average molecular weight is 373 g/mol. The minimum absolute atomic E-state index is 0.567. The highest BCUT2D eigenvalue weighted by Gasteiger charge is 2.10. The summed E-state index contributed by atoms with van der Waals surface area (Å²) in [7, 11) is 0. The molecule has 0 unspecified atom stereocenters. The van der Waals surface area contributed by atoms with Gasteiger partial charge in [-0.25, -0.2) is 9.97 Å². The van der Waals surface area contributed by atoms with Crippen molar-refractivity contribution in [3.05, 3.63) is 66.2 Å². The van der Waals surface area contributed by atoms with Crippen molar-refractivity contribution in [1.29, 1.82) is 0 Å². The maximum atomic E-state index is 4.65. The first-order valence-corrected chi connectivity index (χ1v) is 9.44. The highest BCUT2D eigenvalue weighted by atomic mass is 15.3. The van der Waals surface area contributed by atoms with Gasteiger partial charge in [0.15, 0.2) is 0 Å². The number of anilines is 1. The molecule has 0 saturated heterocycles. The summed E-state index contributed by atoms with van der Waals surface area (Å²) in [5.41, 5.74) is 5.85. The largest absolute Gasteiger partial charge is 0.349 e. The average Bonchev–Trinajstić information content (AvgIpc) is 3.34. The maximum absolute atomic E-state index is 4.65. The van der Waals surface area contributed by atoms with Crippen LogP contribution in [0.3, 0.4) is 0 Å². The van der Waals surface area contributed by atoms with Gasteiger partial charge in [0, 0.05) is 30.1 Å². The van der Waals surface area contributed by atoms with E-state index in [-0.39, 0.29) is 0 Å². The highest BCUT2D eigenvalue weighted by molar-refractivity contribution is 5.62. The summed E-state index contributed by atoms with van der Waals surface area (Å²) in [5.74, 6) is 0.580. The highest BCUT2D eigenvalue weighted by Crippen LogP contribution is 2.22. The number of nitrogens with zero attached hydrogens (tertiary/aromatic N) is 5. The molecule has 1 aromatic carbocycles. The van der Waals surface area contributed by atoms with Crippen molar-refractivity contribution in [3.8, 4) is 22.5 Å². The molecule has 7 heteroatoms. The van der Waals surface area contributed by atoms with Gasteiger partial charge >= 0.3 is 0 Å². The van der Waals surface area contributed by atoms with Crippen LogP contribution in [0.4, 0.5) is 5.95 Å². The van der Waals surface area contributed by atoms with Gasteiger partial charge < -0.3 is 5.32 Å². The van der Waals surface area contributed by atoms with E-state index in [4.69, 9.17) is 0 Å². The van der Waals surface area contributed by atoms with Crippen LogP contribution in [-0.4, -0.2) is 29.9 Å². The molecule has 0 atom stereocenters. The monoisotopic (exact) mass is 373 g/mol. The molecule has 0 saturated carbocycles. The lowest BCUT2D eigenvalue weighted by Crippen LogP contribution is -2.04. The zero-order chi connectivity index (χ0) is 19.3. The van der Waals surface area contributed by atoms with Crippen LogP contribution >= 0.6 is 0 Å². The summed E-state index contributed by atoms with van der Waals surface area (Å²) in [6.07, 6.45) is 4.86. The third kappa shape index (κ3) is 3.93. The molecule has 142 valence electrons. The first-order chi connectivity index (χ1) is 13.7. The smallest absolute Gasteiger partial charge is 0.223 e. The van der Waals surface area contributed by atoms with Gasteiger partial charge in [0.25, 0.3) is 0 Å². The van der Waals surface area contributed by atoms with Crippen molar-refractivity contribution in [2.75, 3.05) is 5.32 Å². The van der Waals surface area contributed by atoms with E-state index >= 15 is 0 Å². The third-order valence-electron chi connectivity index (χ3n) is 4.47. The molecule has 0 aliphatic carbocycles. The van der Waals surface area contributed by atoms with E-state index in [1.165, 1.54) is 0 Å². The Labute approximate surface area is 163 Å². The van der Waals surface area contributed by atoms with E-state index < -0.39 is 0 Å². The van der Waals surface area contributed by atoms with Crippen LogP contribution in [0.2, 0.25) is 0 Å². The zero-order valence-corrected chi connectivity index (χ0v) is 16.1. The Morgan fingerprint density at radius 3 is 2.79 bits per heavy atom. The normalized spacial score (nSPS) is 10.9. The molecule has 28 heavy (non-hydrogen) atoms. The van der Waals surface area contributed by atoms with E-state index in [9.17, 15) is 0 Å². The van der Waals surface area contributed by atoms with Crippen LogP contribution in [0.25, 0.3) is 22.5 Å². The second-order valence-corrected chi connectivity index (χ2v) is 6.65. The SMILES string of the molecule is CCCn1cc(-c2ccnc(NCc3cc(-c4ccccc4)n[nH]3)n2)c(C)n1. The molecule has 3 heterocycles. The number of benzene rings is 1. The number of hydrogen-bond donors (Lipinski definition) is 2. The fourth-order valence-electron chi connectivity index (χ4n) is 3.09. The second-order valence-electron chi connectivity index (χ2n) is 6.65. The van der Waals surface area contributed by atoms with Crippen molar-refractivity contribution in [1.82, 2.24) is 29.9 Å². The standard InChI is InChI=1S/C21H23N7/c1-3-11-28-14-18(15(2)27-28)19-9-10-22-21(24-19)23-13-17-12-20(26-25-17)16-7-5-4-6-8-16/h4-10,12,14H,3,11,13H2,1-2H3,(H,25,26)(H,22,23,24). The molecule has 0 aliphatic heterocycles. The van der Waals surface area contributed by atoms with Crippen LogP contribution < -0.4 is 5.32 Å². The molecule has 0 amide bonds. The third-order valence-corrected chi connectivity index (χ3v) is 4.47. The van der Waals surface area contributed by atoms with E-state index in [0.717, 1.165) is 46.9 Å². The van der Waals surface area contributed by atoms with E-state index in [2.05, 4.69) is 37.5 Å². The number of H-pyrrole nitrogens is 1. The Kier molecular flexibility index (Phi) is 5.14. The number of hydrogen-bond acceptors (Lipinski definition) is 5. The molecule has 0 bridgehead atoms. The molecule has 2 N–H and O–H groups in total. The first-order valence-electron chi connectivity index (χ1n) is 9.44. The topological polar surface area (TPSA) is 84.3 Å². The molecule has 3 aromatic heterocycles. The Morgan fingerprint density at radius 1 is 1.11 bits per heavy atom.